The number of aryl methyl sites for hydroxylation is 1. The van der Waals surface area contributed by atoms with E-state index in [1.165, 1.54) is 5.56 Å². The average molecular weight is 335 g/mol. The average Bonchev–Trinajstić information content (AvgIpc) is 2.44. The molecule has 1 aromatic heterocycles. The molecule has 0 fully saturated rings. The number of nitrogens with one attached hydrogen (secondary N) is 2. The summed E-state index contributed by atoms with van der Waals surface area (Å²) >= 11 is 3.55. The number of anilines is 2. The molecule has 1 aromatic carbocycles. The van der Waals surface area contributed by atoms with Gasteiger partial charge in [-0.05, 0) is 25.0 Å². The molecule has 1 heterocycles. The molecule has 0 aliphatic rings. The molecule has 4 nitrogen and oxygen atoms in total. The zero-order chi connectivity index (χ0) is 14.4. The van der Waals surface area contributed by atoms with Crippen LogP contribution in [0.3, 0.4) is 0 Å². The second-order valence-corrected chi connectivity index (χ2v) is 5.41. The molecule has 20 heavy (non-hydrogen) atoms. The fourth-order valence-electron chi connectivity index (χ4n) is 1.83. The number of hydrogen-bond acceptors (Lipinski definition) is 4. The van der Waals surface area contributed by atoms with Gasteiger partial charge in [0.15, 0.2) is 0 Å². The van der Waals surface area contributed by atoms with Crippen LogP contribution in [-0.2, 0) is 6.54 Å². The molecule has 0 radical (unpaired) electrons. The number of nitrogens with zero attached hydrogens (tertiary/aromatic N) is 2. The van der Waals surface area contributed by atoms with Crippen molar-refractivity contribution in [2.24, 2.45) is 0 Å². The van der Waals surface area contributed by atoms with E-state index in [9.17, 15) is 0 Å². The Balaban J connectivity index is 2.05. The molecule has 2 N–H and O–H groups in total. The molecule has 5 heteroatoms. The Labute approximate surface area is 128 Å². The Kier molecular flexibility index (Phi) is 5.35. The first-order chi connectivity index (χ1) is 9.69. The van der Waals surface area contributed by atoms with E-state index in [4.69, 9.17) is 0 Å². The van der Waals surface area contributed by atoms with E-state index in [1.54, 1.807) is 0 Å². The lowest BCUT2D eigenvalue weighted by Crippen LogP contribution is -2.07. The van der Waals surface area contributed by atoms with Crippen molar-refractivity contribution in [3.8, 4) is 0 Å². The van der Waals surface area contributed by atoms with Crippen LogP contribution < -0.4 is 10.6 Å². The molecule has 0 unspecified atom stereocenters. The SMILES string of the molecule is CCCNc1cc(NCc2ccccc2Br)nc(C)n1. The van der Waals surface area contributed by atoms with E-state index >= 15 is 0 Å². The molecule has 0 saturated heterocycles. The second-order valence-electron chi connectivity index (χ2n) is 4.56. The number of benzene rings is 1. The number of hydrogen-bond donors (Lipinski definition) is 2. The van der Waals surface area contributed by atoms with Crippen LogP contribution in [0.5, 0.6) is 0 Å². The Morgan fingerprint density at radius 1 is 1.10 bits per heavy atom. The third-order valence-electron chi connectivity index (χ3n) is 2.81. The van der Waals surface area contributed by atoms with Crippen LogP contribution in [0.15, 0.2) is 34.8 Å². The maximum Gasteiger partial charge on any atom is 0.132 e. The van der Waals surface area contributed by atoms with E-state index in [-0.39, 0.29) is 0 Å². The van der Waals surface area contributed by atoms with Gasteiger partial charge >= 0.3 is 0 Å². The normalized spacial score (nSPS) is 10.3. The number of halogens is 1. The Bertz CT molecular complexity index is 572. The summed E-state index contributed by atoms with van der Waals surface area (Å²) in [4.78, 5) is 8.78. The highest BCUT2D eigenvalue weighted by atomic mass is 79.9. The van der Waals surface area contributed by atoms with Gasteiger partial charge in [0.1, 0.15) is 17.5 Å². The minimum atomic E-state index is 0.727. The first-order valence-corrected chi connectivity index (χ1v) is 7.55. The fraction of sp³-hybridized carbons (Fsp3) is 0.333. The summed E-state index contributed by atoms with van der Waals surface area (Å²) in [5.74, 6) is 2.47. The maximum absolute atomic E-state index is 4.41. The highest BCUT2D eigenvalue weighted by molar-refractivity contribution is 9.10. The molecule has 0 amide bonds. The van der Waals surface area contributed by atoms with Gasteiger partial charge in [-0.3, -0.25) is 0 Å². The van der Waals surface area contributed by atoms with Crippen molar-refractivity contribution in [2.45, 2.75) is 26.8 Å². The molecule has 106 valence electrons. The van der Waals surface area contributed by atoms with Gasteiger partial charge in [-0.2, -0.15) is 0 Å². The minimum Gasteiger partial charge on any atom is -0.370 e. The molecule has 0 atom stereocenters. The van der Waals surface area contributed by atoms with E-state index < -0.39 is 0 Å². The van der Waals surface area contributed by atoms with Gasteiger partial charge in [-0.1, -0.05) is 41.1 Å². The largest absolute Gasteiger partial charge is 0.370 e. The van der Waals surface area contributed by atoms with Crippen LogP contribution >= 0.6 is 15.9 Å². The summed E-state index contributed by atoms with van der Waals surface area (Å²) in [5.41, 5.74) is 1.20. The first kappa shape index (κ1) is 14.8. The van der Waals surface area contributed by atoms with E-state index in [0.717, 1.165) is 41.4 Å². The highest BCUT2D eigenvalue weighted by Crippen LogP contribution is 2.18. The fourth-order valence-corrected chi connectivity index (χ4v) is 2.25. The molecule has 2 aromatic rings. The third kappa shape index (κ3) is 4.20. The molecular formula is C15H19BrN4. The van der Waals surface area contributed by atoms with E-state index in [0.29, 0.717) is 0 Å². The smallest absolute Gasteiger partial charge is 0.132 e. The molecule has 0 aliphatic heterocycles. The summed E-state index contributed by atoms with van der Waals surface area (Å²) in [7, 11) is 0. The zero-order valence-electron chi connectivity index (χ0n) is 11.8. The van der Waals surface area contributed by atoms with Crippen LogP contribution in [0.1, 0.15) is 24.7 Å². The number of rotatable bonds is 6. The lowest BCUT2D eigenvalue weighted by Gasteiger charge is -2.10. The highest BCUT2D eigenvalue weighted by Gasteiger charge is 2.03. The standard InChI is InChI=1S/C15H19BrN4/c1-3-8-17-14-9-15(20-11(2)19-14)18-10-12-6-4-5-7-13(12)16/h4-7,9H,3,8,10H2,1-2H3,(H2,17,18,19,20). The van der Waals surface area contributed by atoms with Gasteiger partial charge in [0.2, 0.25) is 0 Å². The second kappa shape index (κ2) is 7.24. The lowest BCUT2D eigenvalue weighted by molar-refractivity contribution is 0.951. The maximum atomic E-state index is 4.41. The predicted octanol–water partition coefficient (Wildman–Crippen LogP) is 3.98. The quantitative estimate of drug-likeness (QED) is 0.838. The third-order valence-corrected chi connectivity index (χ3v) is 3.59. The molecule has 0 spiro atoms. The van der Waals surface area contributed by atoms with Crippen LogP contribution in [0.2, 0.25) is 0 Å². The lowest BCUT2D eigenvalue weighted by atomic mass is 10.2. The number of aromatic nitrogens is 2. The first-order valence-electron chi connectivity index (χ1n) is 6.76. The summed E-state index contributed by atoms with van der Waals surface area (Å²) in [6, 6.07) is 10.1. The minimum absolute atomic E-state index is 0.727. The van der Waals surface area contributed by atoms with Gasteiger partial charge in [0.25, 0.3) is 0 Å². The summed E-state index contributed by atoms with van der Waals surface area (Å²) in [6.45, 7) is 5.68. The zero-order valence-corrected chi connectivity index (χ0v) is 13.4. The topological polar surface area (TPSA) is 49.8 Å². The van der Waals surface area contributed by atoms with Crippen LogP contribution in [0.25, 0.3) is 0 Å². The van der Waals surface area contributed by atoms with Gasteiger partial charge in [0.05, 0.1) is 0 Å². The predicted molar refractivity (Wildman–Crippen MR) is 87.0 cm³/mol. The Morgan fingerprint density at radius 2 is 1.80 bits per heavy atom. The van der Waals surface area contributed by atoms with Crippen molar-refractivity contribution in [1.82, 2.24) is 9.97 Å². The summed E-state index contributed by atoms with van der Waals surface area (Å²) in [6.07, 6.45) is 1.07. The van der Waals surface area contributed by atoms with Crippen LogP contribution in [0.4, 0.5) is 11.6 Å². The monoisotopic (exact) mass is 334 g/mol. The molecule has 2 rings (SSSR count). The van der Waals surface area contributed by atoms with Gasteiger partial charge < -0.3 is 10.6 Å². The molecular weight excluding hydrogens is 316 g/mol. The Hall–Kier alpha value is -1.62. The van der Waals surface area contributed by atoms with Gasteiger partial charge in [0, 0.05) is 23.6 Å². The molecule has 0 aliphatic carbocycles. The Morgan fingerprint density at radius 3 is 2.50 bits per heavy atom. The van der Waals surface area contributed by atoms with E-state index in [2.05, 4.69) is 49.5 Å². The van der Waals surface area contributed by atoms with Crippen molar-refractivity contribution >= 4 is 27.6 Å². The van der Waals surface area contributed by atoms with Crippen molar-refractivity contribution in [2.75, 3.05) is 17.2 Å². The van der Waals surface area contributed by atoms with Crippen molar-refractivity contribution in [1.29, 1.82) is 0 Å². The van der Waals surface area contributed by atoms with Crippen molar-refractivity contribution in [3.05, 3.63) is 46.2 Å². The van der Waals surface area contributed by atoms with Crippen LogP contribution in [0, 0.1) is 6.92 Å². The molecule has 0 bridgehead atoms. The summed E-state index contributed by atoms with van der Waals surface area (Å²) < 4.78 is 1.10. The van der Waals surface area contributed by atoms with Gasteiger partial charge in [-0.25, -0.2) is 9.97 Å². The van der Waals surface area contributed by atoms with Gasteiger partial charge in [-0.15, -0.1) is 0 Å². The van der Waals surface area contributed by atoms with Crippen molar-refractivity contribution in [3.63, 3.8) is 0 Å². The van der Waals surface area contributed by atoms with Crippen molar-refractivity contribution < 1.29 is 0 Å². The van der Waals surface area contributed by atoms with E-state index in [1.807, 2.05) is 31.2 Å². The summed E-state index contributed by atoms with van der Waals surface area (Å²) in [5, 5.41) is 6.62. The molecule has 0 saturated carbocycles. The van der Waals surface area contributed by atoms with Crippen LogP contribution in [-0.4, -0.2) is 16.5 Å².